The second-order valence-corrected chi connectivity index (χ2v) is 6.86. The van der Waals surface area contributed by atoms with E-state index in [-0.39, 0.29) is 0 Å². The summed E-state index contributed by atoms with van der Waals surface area (Å²) in [4.78, 5) is 0. The maximum absolute atomic E-state index is 13.9. The summed E-state index contributed by atoms with van der Waals surface area (Å²) in [7, 11) is 0. The maximum Gasteiger partial charge on any atom is 0.393 e. The van der Waals surface area contributed by atoms with Gasteiger partial charge in [-0.1, -0.05) is 0 Å². The first-order valence-corrected chi connectivity index (χ1v) is 7.77. The number of ether oxygens (including phenoxy) is 1. The fraction of sp³-hybridized carbons (Fsp3) is 1.00. The quantitative estimate of drug-likeness (QED) is 0.246. The van der Waals surface area contributed by atoms with Crippen molar-refractivity contribution < 1.29 is 83.0 Å². The van der Waals surface area contributed by atoms with Gasteiger partial charge in [0.05, 0.1) is 6.61 Å². The van der Waals surface area contributed by atoms with Crippen LogP contribution in [0.25, 0.3) is 0 Å². The van der Waals surface area contributed by atoms with Crippen LogP contribution in [0.2, 0.25) is 0 Å². The molecule has 6 nitrogen and oxygen atoms in total. The lowest BCUT2D eigenvalue weighted by atomic mass is 9.88. The second kappa shape index (κ2) is 7.63. The van der Waals surface area contributed by atoms with E-state index in [2.05, 4.69) is 16.3 Å². The van der Waals surface area contributed by atoms with Crippen LogP contribution in [-0.4, -0.2) is 97.3 Å². The van der Waals surface area contributed by atoms with Crippen LogP contribution in [0.1, 0.15) is 0 Å². The average Bonchev–Trinajstić information content (AvgIpc) is 2.84. The van der Waals surface area contributed by atoms with Gasteiger partial charge in [-0.15, -0.1) is 0 Å². The first kappa shape index (κ1) is 28.2. The number of rotatable bonds is 8. The molecule has 1 aliphatic heterocycles. The SMILES string of the molecule is OCC1(O)O[C@H]([C@@H](O)C(F)(F)C(F)(F)C(F)(F)C(F)(F)C(F)(F)C(F)(F)Cl)[C@@H](O)[C@@H]1O. The molecular weight excluding hydrogens is 504 g/mol. The Morgan fingerprint density at radius 1 is 0.806 bits per heavy atom. The van der Waals surface area contributed by atoms with E-state index in [1.54, 1.807) is 0 Å². The van der Waals surface area contributed by atoms with Crippen LogP contribution in [0, 0.1) is 0 Å². The van der Waals surface area contributed by atoms with Gasteiger partial charge in [-0.2, -0.15) is 52.7 Å². The third-order valence-electron chi connectivity index (χ3n) is 4.33. The van der Waals surface area contributed by atoms with Crippen LogP contribution in [0.4, 0.5) is 52.7 Å². The Balaban J connectivity index is 3.47. The Hall–Kier alpha value is -0.790. The smallest absolute Gasteiger partial charge is 0.391 e. The Morgan fingerprint density at radius 2 is 1.19 bits per heavy atom. The highest BCUT2D eigenvalue weighted by Gasteiger charge is 2.91. The fourth-order valence-electron chi connectivity index (χ4n) is 2.38. The third kappa shape index (κ3) is 3.72. The predicted molar refractivity (Wildman–Crippen MR) is 70.5 cm³/mol. The van der Waals surface area contributed by atoms with E-state index >= 15 is 0 Å². The summed E-state index contributed by atoms with van der Waals surface area (Å²) in [6, 6.07) is 0. The summed E-state index contributed by atoms with van der Waals surface area (Å²) >= 11 is 3.52. The van der Waals surface area contributed by atoms with Crippen molar-refractivity contribution in [2.45, 2.75) is 65.2 Å². The molecule has 1 rings (SSSR count). The molecule has 1 heterocycles. The summed E-state index contributed by atoms with van der Waals surface area (Å²) in [5.74, 6) is -41.7. The zero-order valence-corrected chi connectivity index (χ0v) is 14.8. The van der Waals surface area contributed by atoms with Crippen LogP contribution < -0.4 is 0 Å². The van der Waals surface area contributed by atoms with Gasteiger partial charge >= 0.3 is 35.0 Å². The summed E-state index contributed by atoms with van der Waals surface area (Å²) in [5, 5.41) is 39.4. The molecule has 1 unspecified atom stereocenters. The van der Waals surface area contributed by atoms with Gasteiger partial charge in [0.1, 0.15) is 18.3 Å². The van der Waals surface area contributed by atoms with Crippen molar-refractivity contribution in [2.24, 2.45) is 0 Å². The van der Waals surface area contributed by atoms with E-state index in [1.165, 1.54) is 0 Å². The molecule has 0 aromatic rings. The van der Waals surface area contributed by atoms with Crippen molar-refractivity contribution in [3.63, 3.8) is 0 Å². The number of aliphatic hydroxyl groups excluding tert-OH is 4. The van der Waals surface area contributed by atoms with Crippen molar-refractivity contribution >= 4 is 11.6 Å². The number of aliphatic hydroxyl groups is 5. The van der Waals surface area contributed by atoms with E-state index in [0.29, 0.717) is 0 Å². The Labute approximate surface area is 167 Å². The van der Waals surface area contributed by atoms with E-state index < -0.39 is 71.8 Å². The largest absolute Gasteiger partial charge is 0.393 e. The number of alkyl halides is 13. The van der Waals surface area contributed by atoms with Gasteiger partial charge < -0.3 is 30.3 Å². The highest BCUT2D eigenvalue weighted by molar-refractivity contribution is 6.22. The first-order valence-electron chi connectivity index (χ1n) is 7.39. The molecule has 0 radical (unpaired) electrons. The van der Waals surface area contributed by atoms with Crippen molar-refractivity contribution in [3.05, 3.63) is 0 Å². The number of hydrogen-bond acceptors (Lipinski definition) is 6. The van der Waals surface area contributed by atoms with E-state index in [0.717, 1.165) is 0 Å². The standard InChI is InChI=1S/C12H11ClF12O6/c13-12(24,25)11(22,23)10(20,21)9(18,19)8(16,17)7(14,15)5(29)3-2(27)4(28)6(30,1-26)31-3/h2-5,26-30H,1H2/t2-,3+,4+,5-,6?/m1/s1. The predicted octanol–water partition coefficient (Wildman–Crippen LogP) is 1.16. The molecule has 0 aliphatic carbocycles. The molecule has 0 bridgehead atoms. The molecule has 5 atom stereocenters. The minimum absolute atomic E-state index is 1.78. The normalized spacial score (nSPS) is 30.6. The monoisotopic (exact) mass is 514 g/mol. The summed E-state index contributed by atoms with van der Waals surface area (Å²) in [6.45, 7) is -1.78. The molecule has 19 heteroatoms. The molecule has 0 aromatic heterocycles. The lowest BCUT2D eigenvalue weighted by molar-refractivity contribution is -0.427. The Bertz CT molecular complexity index is 673. The zero-order chi connectivity index (χ0) is 25.2. The summed E-state index contributed by atoms with van der Waals surface area (Å²) in [5.41, 5.74) is 0. The van der Waals surface area contributed by atoms with Gasteiger partial charge in [-0.05, 0) is 11.6 Å². The number of hydrogen-bond donors (Lipinski definition) is 5. The second-order valence-electron chi connectivity index (χ2n) is 6.38. The average molecular weight is 515 g/mol. The minimum Gasteiger partial charge on any atom is -0.391 e. The molecule has 0 spiro atoms. The number of halogens is 13. The molecule has 186 valence electrons. The molecule has 0 saturated carbocycles. The molecule has 5 N–H and O–H groups in total. The molecular formula is C12H11ClF12O6. The zero-order valence-electron chi connectivity index (χ0n) is 14.1. The van der Waals surface area contributed by atoms with Crippen LogP contribution in [0.5, 0.6) is 0 Å². The van der Waals surface area contributed by atoms with Crippen molar-refractivity contribution in [3.8, 4) is 0 Å². The van der Waals surface area contributed by atoms with Crippen molar-refractivity contribution in [1.29, 1.82) is 0 Å². The van der Waals surface area contributed by atoms with E-state index in [1.807, 2.05) is 0 Å². The van der Waals surface area contributed by atoms with Gasteiger partial charge in [-0.25, -0.2) is 0 Å². The maximum atomic E-state index is 13.9. The van der Waals surface area contributed by atoms with Gasteiger partial charge in [-0.3, -0.25) is 0 Å². The van der Waals surface area contributed by atoms with Gasteiger partial charge in [0.2, 0.25) is 5.79 Å². The van der Waals surface area contributed by atoms with Gasteiger partial charge in [0.15, 0.2) is 6.10 Å². The highest BCUT2D eigenvalue weighted by Crippen LogP contribution is 2.61. The Kier molecular flexibility index (Phi) is 6.95. The van der Waals surface area contributed by atoms with Crippen LogP contribution in [-0.2, 0) is 4.74 Å². The molecule has 0 amide bonds. The molecule has 1 fully saturated rings. The van der Waals surface area contributed by atoms with Crippen LogP contribution in [0.15, 0.2) is 0 Å². The molecule has 1 saturated heterocycles. The fourth-order valence-corrected chi connectivity index (χ4v) is 2.50. The minimum atomic E-state index is -8.04. The van der Waals surface area contributed by atoms with Crippen LogP contribution in [0.3, 0.4) is 0 Å². The lowest BCUT2D eigenvalue weighted by Crippen LogP contribution is -2.72. The molecule has 0 aromatic carbocycles. The summed E-state index contributed by atoms with van der Waals surface area (Å²) < 4.78 is 164. The first-order chi connectivity index (χ1) is 13.4. The van der Waals surface area contributed by atoms with E-state index in [4.69, 9.17) is 5.11 Å². The lowest BCUT2D eigenvalue weighted by Gasteiger charge is -2.42. The van der Waals surface area contributed by atoms with Gasteiger partial charge in [0, 0.05) is 0 Å². The third-order valence-corrected chi connectivity index (χ3v) is 4.57. The molecule has 1 aliphatic rings. The van der Waals surface area contributed by atoms with Crippen molar-refractivity contribution in [1.82, 2.24) is 0 Å². The molecule has 31 heavy (non-hydrogen) atoms. The summed E-state index contributed by atoms with van der Waals surface area (Å²) in [6.07, 6.45) is -13.9. The van der Waals surface area contributed by atoms with Gasteiger partial charge in [0.25, 0.3) is 0 Å². The highest BCUT2D eigenvalue weighted by atomic mass is 35.5. The topological polar surface area (TPSA) is 110 Å². The van der Waals surface area contributed by atoms with E-state index in [9.17, 15) is 73.1 Å². The van der Waals surface area contributed by atoms with Crippen LogP contribution >= 0.6 is 11.6 Å². The van der Waals surface area contributed by atoms with Crippen molar-refractivity contribution in [2.75, 3.05) is 6.61 Å². The Morgan fingerprint density at radius 3 is 1.52 bits per heavy atom.